The van der Waals surface area contributed by atoms with Crippen LogP contribution in [0, 0.1) is 0 Å². The van der Waals surface area contributed by atoms with Gasteiger partial charge in [-0.15, -0.1) is 0 Å². The molecule has 1 unspecified atom stereocenters. The van der Waals surface area contributed by atoms with Gasteiger partial charge in [0.05, 0.1) is 4.90 Å². The summed E-state index contributed by atoms with van der Waals surface area (Å²) in [5, 5.41) is 1.79. The zero-order valence-electron chi connectivity index (χ0n) is 19.0. The maximum Gasteiger partial charge on any atom is 0.243 e. The average Bonchev–Trinajstić information content (AvgIpc) is 2.88. The highest BCUT2D eigenvalue weighted by Crippen LogP contribution is 2.31. The molecule has 2 aliphatic heterocycles. The van der Waals surface area contributed by atoms with Crippen molar-refractivity contribution < 1.29 is 8.42 Å². The van der Waals surface area contributed by atoms with E-state index in [2.05, 4.69) is 20.9 Å². The van der Waals surface area contributed by atoms with E-state index in [4.69, 9.17) is 0 Å². The quantitative estimate of drug-likeness (QED) is 0.552. The molecule has 7 heteroatoms. The number of pyridine rings is 1. The lowest BCUT2D eigenvalue weighted by Gasteiger charge is -2.38. The van der Waals surface area contributed by atoms with Crippen molar-refractivity contribution in [1.82, 2.24) is 14.2 Å². The molecule has 0 spiro atoms. The molecular weight excluding hydrogens is 432 g/mol. The summed E-state index contributed by atoms with van der Waals surface area (Å²) < 4.78 is 29.3. The Kier molecular flexibility index (Phi) is 6.62. The SMILES string of the molecule is O=S(=O)(c1cccc2ccccc12)N1CCCCC1CCN1CCN(c2ccccn2)CC1. The molecule has 2 aliphatic rings. The van der Waals surface area contributed by atoms with E-state index >= 15 is 0 Å². The Bertz CT molecular complexity index is 1170. The van der Waals surface area contributed by atoms with Gasteiger partial charge in [0.25, 0.3) is 0 Å². The lowest BCUT2D eigenvalue weighted by molar-refractivity contribution is 0.193. The monoisotopic (exact) mass is 464 g/mol. The van der Waals surface area contributed by atoms with Gasteiger partial charge in [0.1, 0.15) is 5.82 Å². The fraction of sp³-hybridized carbons (Fsp3) is 0.423. The first-order valence-electron chi connectivity index (χ1n) is 12.0. The van der Waals surface area contributed by atoms with Crippen LogP contribution in [0.3, 0.4) is 0 Å². The van der Waals surface area contributed by atoms with Crippen LogP contribution in [0.15, 0.2) is 71.8 Å². The number of aromatic nitrogens is 1. The number of hydrogen-bond donors (Lipinski definition) is 0. The first-order chi connectivity index (χ1) is 16.1. The molecule has 0 bridgehead atoms. The number of sulfonamides is 1. The minimum atomic E-state index is -3.54. The van der Waals surface area contributed by atoms with Gasteiger partial charge in [-0.1, -0.05) is 48.9 Å². The number of piperazine rings is 1. The first kappa shape index (κ1) is 22.3. The zero-order valence-corrected chi connectivity index (χ0v) is 19.8. The predicted octanol–water partition coefficient (Wildman–Crippen LogP) is 3.99. The lowest BCUT2D eigenvalue weighted by atomic mass is 10.0. The van der Waals surface area contributed by atoms with Gasteiger partial charge in [0.2, 0.25) is 10.0 Å². The molecule has 2 saturated heterocycles. The van der Waals surface area contributed by atoms with Crippen LogP contribution in [-0.4, -0.2) is 67.9 Å². The maximum atomic E-state index is 13.8. The Hall–Kier alpha value is -2.48. The highest BCUT2D eigenvalue weighted by Gasteiger charge is 2.34. The van der Waals surface area contributed by atoms with Crippen molar-refractivity contribution in [2.24, 2.45) is 0 Å². The molecule has 3 aromatic rings. The standard InChI is InChI=1S/C26H32N4O2S/c31-33(32,25-12-7-9-22-8-1-2-11-24(22)25)30-16-6-4-10-23(30)14-17-28-18-20-29(21-19-28)26-13-3-5-15-27-26/h1-3,5,7-9,11-13,15,23H,4,6,10,14,16-21H2. The molecule has 6 nitrogen and oxygen atoms in total. The molecule has 0 saturated carbocycles. The van der Waals surface area contributed by atoms with E-state index < -0.39 is 10.0 Å². The van der Waals surface area contributed by atoms with Crippen molar-refractivity contribution >= 4 is 26.6 Å². The van der Waals surface area contributed by atoms with Crippen molar-refractivity contribution in [1.29, 1.82) is 0 Å². The van der Waals surface area contributed by atoms with E-state index in [1.165, 1.54) is 0 Å². The number of rotatable bonds is 6. The van der Waals surface area contributed by atoms with Gasteiger partial charge in [0, 0.05) is 50.3 Å². The van der Waals surface area contributed by atoms with Crippen LogP contribution in [0.4, 0.5) is 5.82 Å². The molecule has 1 atom stereocenters. The smallest absolute Gasteiger partial charge is 0.243 e. The van der Waals surface area contributed by atoms with Gasteiger partial charge in [-0.05, 0) is 49.4 Å². The summed E-state index contributed by atoms with van der Waals surface area (Å²) >= 11 is 0. The molecular formula is C26H32N4O2S. The summed E-state index contributed by atoms with van der Waals surface area (Å²) in [5.74, 6) is 1.04. The largest absolute Gasteiger partial charge is 0.354 e. The van der Waals surface area contributed by atoms with Crippen LogP contribution < -0.4 is 4.90 Å². The number of anilines is 1. The van der Waals surface area contributed by atoms with Crippen molar-refractivity contribution in [3.05, 3.63) is 66.9 Å². The minimum Gasteiger partial charge on any atom is -0.354 e. The van der Waals surface area contributed by atoms with Crippen LogP contribution >= 0.6 is 0 Å². The third kappa shape index (κ3) is 4.76. The van der Waals surface area contributed by atoms with Crippen LogP contribution in [-0.2, 0) is 10.0 Å². The Morgan fingerprint density at radius 1 is 0.848 bits per heavy atom. The van der Waals surface area contributed by atoms with Crippen LogP contribution in [0.1, 0.15) is 25.7 Å². The third-order valence-electron chi connectivity index (χ3n) is 7.03. The maximum absolute atomic E-state index is 13.8. The fourth-order valence-corrected chi connectivity index (χ4v) is 7.14. The van der Waals surface area contributed by atoms with Crippen molar-refractivity contribution in [2.75, 3.05) is 44.2 Å². The molecule has 2 aromatic carbocycles. The number of fused-ring (bicyclic) bond motifs is 1. The Balaban J connectivity index is 1.26. The zero-order chi connectivity index (χ0) is 22.7. The summed E-state index contributed by atoms with van der Waals surface area (Å²) in [6.07, 6.45) is 5.70. The van der Waals surface area contributed by atoms with Crippen LogP contribution in [0.5, 0.6) is 0 Å². The van der Waals surface area contributed by atoms with E-state index in [-0.39, 0.29) is 6.04 Å². The number of nitrogens with zero attached hydrogens (tertiary/aromatic N) is 4. The lowest BCUT2D eigenvalue weighted by Crippen LogP contribution is -2.49. The summed E-state index contributed by atoms with van der Waals surface area (Å²) in [7, 11) is -3.54. The van der Waals surface area contributed by atoms with Gasteiger partial charge in [-0.2, -0.15) is 4.31 Å². The van der Waals surface area contributed by atoms with Gasteiger partial charge in [0.15, 0.2) is 0 Å². The predicted molar refractivity (Wildman–Crippen MR) is 133 cm³/mol. The molecule has 1 aromatic heterocycles. The number of piperidine rings is 1. The van der Waals surface area contributed by atoms with E-state index in [0.29, 0.717) is 11.4 Å². The molecule has 0 radical (unpaired) electrons. The van der Waals surface area contributed by atoms with Crippen molar-refractivity contribution in [2.45, 2.75) is 36.6 Å². The van der Waals surface area contributed by atoms with Crippen LogP contribution in [0.2, 0.25) is 0 Å². The Morgan fingerprint density at radius 2 is 1.64 bits per heavy atom. The topological polar surface area (TPSA) is 56.8 Å². The van der Waals surface area contributed by atoms with Crippen molar-refractivity contribution in [3.63, 3.8) is 0 Å². The summed E-state index contributed by atoms with van der Waals surface area (Å²) in [6.45, 7) is 5.43. The van der Waals surface area contributed by atoms with E-state index in [1.54, 1.807) is 10.4 Å². The molecule has 5 rings (SSSR count). The Labute approximate surface area is 196 Å². The minimum absolute atomic E-state index is 0.0662. The third-order valence-corrected chi connectivity index (χ3v) is 9.04. The van der Waals surface area contributed by atoms with Crippen LogP contribution in [0.25, 0.3) is 10.8 Å². The normalized spacial score (nSPS) is 20.8. The molecule has 2 fully saturated rings. The Morgan fingerprint density at radius 3 is 2.45 bits per heavy atom. The number of benzene rings is 2. The molecule has 174 valence electrons. The molecule has 0 N–H and O–H groups in total. The fourth-order valence-electron chi connectivity index (χ4n) is 5.20. The average molecular weight is 465 g/mol. The second kappa shape index (κ2) is 9.79. The second-order valence-corrected chi connectivity index (χ2v) is 10.9. The second-order valence-electron chi connectivity index (χ2n) is 9.05. The molecule has 0 aliphatic carbocycles. The van der Waals surface area contributed by atoms with Gasteiger partial charge >= 0.3 is 0 Å². The van der Waals surface area contributed by atoms with E-state index in [0.717, 1.165) is 75.0 Å². The van der Waals surface area contributed by atoms with E-state index in [9.17, 15) is 8.42 Å². The van der Waals surface area contributed by atoms with Gasteiger partial charge in [-0.25, -0.2) is 13.4 Å². The molecule has 33 heavy (non-hydrogen) atoms. The van der Waals surface area contributed by atoms with Crippen molar-refractivity contribution in [3.8, 4) is 0 Å². The van der Waals surface area contributed by atoms with Gasteiger partial charge < -0.3 is 4.90 Å². The summed E-state index contributed by atoms with van der Waals surface area (Å²) in [5.41, 5.74) is 0. The highest BCUT2D eigenvalue weighted by atomic mass is 32.2. The summed E-state index contributed by atoms with van der Waals surface area (Å²) in [4.78, 5) is 9.71. The van der Waals surface area contributed by atoms with Gasteiger partial charge in [-0.3, -0.25) is 4.90 Å². The molecule has 3 heterocycles. The highest BCUT2D eigenvalue weighted by molar-refractivity contribution is 7.89. The number of hydrogen-bond acceptors (Lipinski definition) is 5. The van der Waals surface area contributed by atoms with E-state index in [1.807, 2.05) is 54.7 Å². The summed E-state index contributed by atoms with van der Waals surface area (Å²) in [6, 6.07) is 19.5. The first-order valence-corrected chi connectivity index (χ1v) is 13.4. The molecule has 0 amide bonds.